The number of benzene rings is 2. The molecule has 1 aliphatic heterocycles. The minimum Gasteiger partial charge on any atom is -0.479 e. The summed E-state index contributed by atoms with van der Waals surface area (Å²) in [5.41, 5.74) is -0.974. The summed E-state index contributed by atoms with van der Waals surface area (Å²) in [5.74, 6) is -0.100. The van der Waals surface area contributed by atoms with Crippen LogP contribution in [0, 0.1) is 0 Å². The zero-order valence-electron chi connectivity index (χ0n) is 11.2. The van der Waals surface area contributed by atoms with Crippen molar-refractivity contribution in [2.45, 2.75) is 12.0 Å². The SMILES string of the molecule is O=C(O)C(O)(Cc1ccc2c(c1)OCO2)c1ccccc1. The van der Waals surface area contributed by atoms with E-state index in [1.54, 1.807) is 48.5 Å². The van der Waals surface area contributed by atoms with Crippen LogP contribution in [0.1, 0.15) is 11.1 Å². The van der Waals surface area contributed by atoms with E-state index in [-0.39, 0.29) is 13.2 Å². The Morgan fingerprint density at radius 3 is 2.52 bits per heavy atom. The first-order valence-corrected chi connectivity index (χ1v) is 6.49. The topological polar surface area (TPSA) is 76.0 Å². The normalized spacial score (nSPS) is 15.5. The van der Waals surface area contributed by atoms with E-state index in [4.69, 9.17) is 9.47 Å². The molecular weight excluding hydrogens is 272 g/mol. The van der Waals surface area contributed by atoms with Crippen LogP contribution in [0.5, 0.6) is 11.5 Å². The molecule has 1 heterocycles. The van der Waals surface area contributed by atoms with Gasteiger partial charge in [-0.25, -0.2) is 4.79 Å². The molecule has 5 heteroatoms. The molecule has 0 saturated carbocycles. The molecule has 0 spiro atoms. The third kappa shape index (κ3) is 2.43. The Balaban J connectivity index is 1.94. The Hall–Kier alpha value is -2.53. The van der Waals surface area contributed by atoms with Gasteiger partial charge in [0.1, 0.15) is 0 Å². The van der Waals surface area contributed by atoms with Crippen LogP contribution in [0.3, 0.4) is 0 Å². The Morgan fingerprint density at radius 2 is 1.81 bits per heavy atom. The first-order valence-electron chi connectivity index (χ1n) is 6.49. The first kappa shape index (κ1) is 13.5. The number of aliphatic carboxylic acids is 1. The van der Waals surface area contributed by atoms with E-state index in [1.807, 2.05) is 0 Å². The minimum atomic E-state index is -1.98. The highest BCUT2D eigenvalue weighted by molar-refractivity contribution is 5.79. The predicted molar refractivity (Wildman–Crippen MR) is 74.2 cm³/mol. The number of hydrogen-bond acceptors (Lipinski definition) is 4. The highest BCUT2D eigenvalue weighted by Crippen LogP contribution is 2.35. The van der Waals surface area contributed by atoms with Gasteiger partial charge in [0.2, 0.25) is 6.79 Å². The van der Waals surface area contributed by atoms with Gasteiger partial charge in [-0.05, 0) is 23.3 Å². The number of carboxylic acid groups (broad SMARTS) is 1. The standard InChI is InChI=1S/C16H14O5/c17-15(18)16(19,12-4-2-1-3-5-12)9-11-6-7-13-14(8-11)21-10-20-13/h1-8,19H,9-10H2,(H,17,18). The molecule has 0 amide bonds. The third-order valence-corrected chi connectivity index (χ3v) is 3.50. The summed E-state index contributed by atoms with van der Waals surface area (Å²) in [7, 11) is 0. The van der Waals surface area contributed by atoms with Crippen LogP contribution in [0.25, 0.3) is 0 Å². The van der Waals surface area contributed by atoms with E-state index in [2.05, 4.69) is 0 Å². The van der Waals surface area contributed by atoms with Crippen molar-refractivity contribution in [3.63, 3.8) is 0 Å². The summed E-state index contributed by atoms with van der Waals surface area (Å²) in [5, 5.41) is 20.0. The van der Waals surface area contributed by atoms with E-state index < -0.39 is 11.6 Å². The predicted octanol–water partition coefficient (Wildman–Crippen LogP) is 1.93. The molecule has 0 aliphatic carbocycles. The van der Waals surface area contributed by atoms with Crippen LogP contribution < -0.4 is 9.47 Å². The van der Waals surface area contributed by atoms with Crippen molar-refractivity contribution in [3.8, 4) is 11.5 Å². The summed E-state index contributed by atoms with van der Waals surface area (Å²) in [6.07, 6.45) is -0.0526. The van der Waals surface area contributed by atoms with Crippen LogP contribution in [-0.2, 0) is 16.8 Å². The average Bonchev–Trinajstić information content (AvgIpc) is 2.95. The second-order valence-corrected chi connectivity index (χ2v) is 4.90. The largest absolute Gasteiger partial charge is 0.479 e. The maximum absolute atomic E-state index is 11.6. The fourth-order valence-corrected chi connectivity index (χ4v) is 2.36. The maximum Gasteiger partial charge on any atom is 0.340 e. The molecule has 0 bridgehead atoms. The van der Waals surface area contributed by atoms with Crippen molar-refractivity contribution >= 4 is 5.97 Å². The van der Waals surface area contributed by atoms with Gasteiger partial charge in [-0.15, -0.1) is 0 Å². The number of hydrogen-bond donors (Lipinski definition) is 2. The molecule has 0 aromatic heterocycles. The Bertz CT molecular complexity index is 668. The lowest BCUT2D eigenvalue weighted by Gasteiger charge is -2.24. The highest BCUT2D eigenvalue weighted by atomic mass is 16.7. The first-order chi connectivity index (χ1) is 10.1. The van der Waals surface area contributed by atoms with Gasteiger partial charge in [0.25, 0.3) is 0 Å². The lowest BCUT2D eigenvalue weighted by atomic mass is 9.87. The Morgan fingerprint density at radius 1 is 1.10 bits per heavy atom. The van der Waals surface area contributed by atoms with Gasteiger partial charge < -0.3 is 19.7 Å². The molecule has 1 aliphatic rings. The van der Waals surface area contributed by atoms with Gasteiger partial charge in [-0.3, -0.25) is 0 Å². The highest BCUT2D eigenvalue weighted by Gasteiger charge is 2.38. The maximum atomic E-state index is 11.6. The van der Waals surface area contributed by atoms with Crippen LogP contribution in [0.15, 0.2) is 48.5 Å². The number of ether oxygens (including phenoxy) is 2. The van der Waals surface area contributed by atoms with E-state index in [1.165, 1.54) is 0 Å². The fourth-order valence-electron chi connectivity index (χ4n) is 2.36. The second-order valence-electron chi connectivity index (χ2n) is 4.90. The minimum absolute atomic E-state index is 0.0526. The summed E-state index contributed by atoms with van der Waals surface area (Å²) in [4.78, 5) is 11.6. The molecule has 3 rings (SSSR count). The van der Waals surface area contributed by atoms with E-state index in [0.717, 1.165) is 0 Å². The van der Waals surface area contributed by atoms with E-state index in [9.17, 15) is 15.0 Å². The lowest BCUT2D eigenvalue weighted by Crippen LogP contribution is -2.37. The van der Waals surface area contributed by atoms with Gasteiger partial charge in [-0.2, -0.15) is 0 Å². The second kappa shape index (κ2) is 5.10. The molecule has 108 valence electrons. The van der Waals surface area contributed by atoms with Gasteiger partial charge >= 0.3 is 5.97 Å². The molecule has 1 unspecified atom stereocenters. The molecule has 0 radical (unpaired) electrons. The van der Waals surface area contributed by atoms with Gasteiger partial charge in [0.15, 0.2) is 17.1 Å². The van der Waals surface area contributed by atoms with Crippen molar-refractivity contribution in [2.75, 3.05) is 6.79 Å². The molecule has 1 atom stereocenters. The molecule has 2 aromatic rings. The van der Waals surface area contributed by atoms with Gasteiger partial charge in [-0.1, -0.05) is 36.4 Å². The van der Waals surface area contributed by atoms with Crippen molar-refractivity contribution in [2.24, 2.45) is 0 Å². The molecule has 0 saturated heterocycles. The molecule has 21 heavy (non-hydrogen) atoms. The number of carboxylic acids is 1. The number of carbonyl (C=O) groups is 1. The van der Waals surface area contributed by atoms with E-state index >= 15 is 0 Å². The van der Waals surface area contributed by atoms with Crippen molar-refractivity contribution in [1.82, 2.24) is 0 Å². The van der Waals surface area contributed by atoms with Crippen molar-refractivity contribution in [1.29, 1.82) is 0 Å². The summed E-state index contributed by atoms with van der Waals surface area (Å²) in [6.45, 7) is 0.153. The quantitative estimate of drug-likeness (QED) is 0.898. The third-order valence-electron chi connectivity index (χ3n) is 3.50. The fraction of sp³-hybridized carbons (Fsp3) is 0.188. The zero-order chi connectivity index (χ0) is 14.9. The van der Waals surface area contributed by atoms with E-state index in [0.29, 0.717) is 22.6 Å². The van der Waals surface area contributed by atoms with Crippen molar-refractivity contribution < 1.29 is 24.5 Å². The lowest BCUT2D eigenvalue weighted by molar-refractivity contribution is -0.159. The van der Waals surface area contributed by atoms with Gasteiger partial charge in [0.05, 0.1) is 0 Å². The summed E-state index contributed by atoms with van der Waals surface area (Å²) in [6, 6.07) is 13.5. The summed E-state index contributed by atoms with van der Waals surface area (Å²) < 4.78 is 10.5. The molecule has 2 aromatic carbocycles. The Labute approximate surface area is 121 Å². The average molecular weight is 286 g/mol. The monoisotopic (exact) mass is 286 g/mol. The van der Waals surface area contributed by atoms with Crippen LogP contribution >= 0.6 is 0 Å². The zero-order valence-corrected chi connectivity index (χ0v) is 11.2. The summed E-state index contributed by atoms with van der Waals surface area (Å²) >= 11 is 0. The smallest absolute Gasteiger partial charge is 0.340 e. The Kier molecular flexibility index (Phi) is 3.27. The van der Waals surface area contributed by atoms with Gasteiger partial charge in [0, 0.05) is 6.42 Å². The number of rotatable bonds is 4. The molecule has 0 fully saturated rings. The molecule has 2 N–H and O–H groups in total. The van der Waals surface area contributed by atoms with Crippen LogP contribution in [0.2, 0.25) is 0 Å². The number of aliphatic hydroxyl groups is 1. The van der Waals surface area contributed by atoms with Crippen LogP contribution in [0.4, 0.5) is 0 Å². The van der Waals surface area contributed by atoms with Crippen molar-refractivity contribution in [3.05, 3.63) is 59.7 Å². The molecule has 5 nitrogen and oxygen atoms in total. The number of fused-ring (bicyclic) bond motifs is 1. The molecular formula is C16H14O5. The van der Waals surface area contributed by atoms with Crippen LogP contribution in [-0.4, -0.2) is 23.0 Å².